The molecule has 4 nitrogen and oxygen atoms in total. The van der Waals surface area contributed by atoms with Crippen molar-refractivity contribution in [2.75, 3.05) is 5.32 Å². The van der Waals surface area contributed by atoms with Crippen LogP contribution in [-0.4, -0.2) is 9.97 Å². The molecule has 0 fully saturated rings. The second-order valence-electron chi connectivity index (χ2n) is 3.43. The summed E-state index contributed by atoms with van der Waals surface area (Å²) in [5.74, 6) is 0.424. The predicted molar refractivity (Wildman–Crippen MR) is 68.9 cm³/mol. The average molecular weight is 289 g/mol. The van der Waals surface area contributed by atoms with E-state index in [-0.39, 0.29) is 0 Å². The van der Waals surface area contributed by atoms with Crippen LogP contribution >= 0.6 is 15.9 Å². The van der Waals surface area contributed by atoms with Gasteiger partial charge in [0.1, 0.15) is 11.8 Å². The summed E-state index contributed by atoms with van der Waals surface area (Å²) in [5, 5.41) is 11.9. The summed E-state index contributed by atoms with van der Waals surface area (Å²) < 4.78 is 0.920. The van der Waals surface area contributed by atoms with Gasteiger partial charge in [-0.05, 0) is 41.1 Å². The lowest BCUT2D eigenvalue weighted by Crippen LogP contribution is -2.00. The fraction of sp³-hybridized carbons (Fsp3) is 0.0833. The Labute approximate surface area is 107 Å². The number of hydrogen-bond donors (Lipinski definition) is 1. The average Bonchev–Trinajstić information content (AvgIpc) is 2.31. The molecule has 84 valence electrons. The molecule has 0 aliphatic rings. The normalized spacial score (nSPS) is 9.71. The molecule has 0 saturated carbocycles. The van der Waals surface area contributed by atoms with E-state index >= 15 is 0 Å². The van der Waals surface area contributed by atoms with Gasteiger partial charge >= 0.3 is 0 Å². The van der Waals surface area contributed by atoms with Crippen molar-refractivity contribution in [1.29, 1.82) is 5.26 Å². The van der Waals surface area contributed by atoms with Gasteiger partial charge in [-0.25, -0.2) is 9.97 Å². The molecular formula is C12H9BrN4. The molecule has 1 heterocycles. The molecule has 5 heteroatoms. The van der Waals surface area contributed by atoms with Gasteiger partial charge < -0.3 is 5.32 Å². The fourth-order valence-electron chi connectivity index (χ4n) is 1.36. The van der Waals surface area contributed by atoms with Crippen molar-refractivity contribution in [3.8, 4) is 6.07 Å². The highest BCUT2D eigenvalue weighted by molar-refractivity contribution is 9.10. The first kappa shape index (κ1) is 11.6. The molecule has 0 saturated heterocycles. The minimum absolute atomic E-state index is 0.354. The van der Waals surface area contributed by atoms with E-state index in [1.54, 1.807) is 6.07 Å². The number of aryl methyl sites for hydroxylation is 1. The Balaban J connectivity index is 2.34. The van der Waals surface area contributed by atoms with Gasteiger partial charge in [0.15, 0.2) is 0 Å². The standard InChI is InChI=1S/C12H9BrN4/c1-8-6-9(7-14)16-12(15-8)17-11-5-3-2-4-10(11)13/h2-6H,1H3,(H,15,16,17). The van der Waals surface area contributed by atoms with Gasteiger partial charge in [0.05, 0.1) is 5.69 Å². The minimum Gasteiger partial charge on any atom is -0.323 e. The lowest BCUT2D eigenvalue weighted by molar-refractivity contribution is 1.09. The number of hydrogen-bond acceptors (Lipinski definition) is 4. The van der Waals surface area contributed by atoms with E-state index < -0.39 is 0 Å². The van der Waals surface area contributed by atoms with Crippen LogP contribution in [0.2, 0.25) is 0 Å². The van der Waals surface area contributed by atoms with Crippen LogP contribution in [0.15, 0.2) is 34.8 Å². The fourth-order valence-corrected chi connectivity index (χ4v) is 1.75. The molecule has 0 aliphatic carbocycles. The monoisotopic (exact) mass is 288 g/mol. The number of nitrogens with one attached hydrogen (secondary N) is 1. The molecule has 0 amide bonds. The molecule has 2 rings (SSSR count). The van der Waals surface area contributed by atoms with E-state index in [0.717, 1.165) is 15.9 Å². The molecule has 1 aromatic heterocycles. The van der Waals surface area contributed by atoms with Crippen LogP contribution in [0, 0.1) is 18.3 Å². The first-order chi connectivity index (χ1) is 8.19. The molecule has 0 unspecified atom stereocenters. The molecule has 0 spiro atoms. The third-order valence-corrected chi connectivity index (χ3v) is 2.78. The molecule has 0 radical (unpaired) electrons. The van der Waals surface area contributed by atoms with Crippen molar-refractivity contribution in [2.24, 2.45) is 0 Å². The topological polar surface area (TPSA) is 61.6 Å². The van der Waals surface area contributed by atoms with E-state index in [4.69, 9.17) is 5.26 Å². The zero-order chi connectivity index (χ0) is 12.3. The number of nitrogens with zero attached hydrogens (tertiary/aromatic N) is 3. The van der Waals surface area contributed by atoms with Crippen molar-refractivity contribution in [3.63, 3.8) is 0 Å². The van der Waals surface area contributed by atoms with E-state index in [0.29, 0.717) is 11.6 Å². The molecule has 1 aromatic carbocycles. The lowest BCUT2D eigenvalue weighted by atomic mass is 10.3. The first-order valence-corrected chi connectivity index (χ1v) is 5.75. The summed E-state index contributed by atoms with van der Waals surface area (Å²) in [4.78, 5) is 8.31. The highest BCUT2D eigenvalue weighted by atomic mass is 79.9. The summed E-state index contributed by atoms with van der Waals surface area (Å²) in [5.41, 5.74) is 1.97. The maximum Gasteiger partial charge on any atom is 0.228 e. The van der Waals surface area contributed by atoms with Gasteiger partial charge in [-0.2, -0.15) is 5.26 Å². The van der Waals surface area contributed by atoms with Gasteiger partial charge in [-0.15, -0.1) is 0 Å². The highest BCUT2D eigenvalue weighted by Gasteiger charge is 2.04. The van der Waals surface area contributed by atoms with Crippen LogP contribution in [0.25, 0.3) is 0 Å². The van der Waals surface area contributed by atoms with Crippen LogP contribution in [0.3, 0.4) is 0 Å². The highest BCUT2D eigenvalue weighted by Crippen LogP contribution is 2.23. The Bertz CT molecular complexity index is 589. The third kappa shape index (κ3) is 2.80. The molecule has 0 bridgehead atoms. The summed E-state index contributed by atoms with van der Waals surface area (Å²) in [7, 11) is 0. The second kappa shape index (κ2) is 4.93. The Morgan fingerprint density at radius 3 is 2.76 bits per heavy atom. The van der Waals surface area contributed by atoms with Crippen LogP contribution in [0.4, 0.5) is 11.6 Å². The number of benzene rings is 1. The first-order valence-electron chi connectivity index (χ1n) is 4.96. The molecule has 17 heavy (non-hydrogen) atoms. The van der Waals surface area contributed by atoms with Crippen molar-refractivity contribution in [1.82, 2.24) is 9.97 Å². The van der Waals surface area contributed by atoms with Crippen molar-refractivity contribution in [3.05, 3.63) is 46.2 Å². The number of nitriles is 1. The SMILES string of the molecule is Cc1cc(C#N)nc(Nc2ccccc2Br)n1. The summed E-state index contributed by atoms with van der Waals surface area (Å²) in [6.07, 6.45) is 0. The van der Waals surface area contributed by atoms with E-state index in [2.05, 4.69) is 31.2 Å². The van der Waals surface area contributed by atoms with Gasteiger partial charge in [0, 0.05) is 10.2 Å². The van der Waals surface area contributed by atoms with Crippen molar-refractivity contribution < 1.29 is 0 Å². The molecule has 0 atom stereocenters. The van der Waals surface area contributed by atoms with Crippen molar-refractivity contribution in [2.45, 2.75) is 6.92 Å². The van der Waals surface area contributed by atoms with Crippen LogP contribution < -0.4 is 5.32 Å². The summed E-state index contributed by atoms with van der Waals surface area (Å²) >= 11 is 3.42. The molecular weight excluding hydrogens is 280 g/mol. The van der Waals surface area contributed by atoms with Crippen LogP contribution in [0.5, 0.6) is 0 Å². The Morgan fingerprint density at radius 1 is 1.29 bits per heavy atom. The van der Waals surface area contributed by atoms with Crippen LogP contribution in [-0.2, 0) is 0 Å². The van der Waals surface area contributed by atoms with Gasteiger partial charge in [-0.3, -0.25) is 0 Å². The van der Waals surface area contributed by atoms with Gasteiger partial charge in [0.2, 0.25) is 5.95 Å². The largest absolute Gasteiger partial charge is 0.323 e. The maximum atomic E-state index is 8.83. The maximum absolute atomic E-state index is 8.83. The predicted octanol–water partition coefficient (Wildman–Crippen LogP) is 3.16. The number of para-hydroxylation sites is 1. The number of anilines is 2. The molecule has 0 aliphatic heterocycles. The second-order valence-corrected chi connectivity index (χ2v) is 4.29. The molecule has 2 aromatic rings. The van der Waals surface area contributed by atoms with E-state index in [9.17, 15) is 0 Å². The number of rotatable bonds is 2. The Kier molecular flexibility index (Phi) is 3.35. The Hall–Kier alpha value is -1.93. The lowest BCUT2D eigenvalue weighted by Gasteiger charge is -2.07. The minimum atomic E-state index is 0.354. The summed E-state index contributed by atoms with van der Waals surface area (Å²) in [6.45, 7) is 1.83. The van der Waals surface area contributed by atoms with E-state index in [1.807, 2.05) is 37.3 Å². The van der Waals surface area contributed by atoms with Crippen LogP contribution in [0.1, 0.15) is 11.4 Å². The Morgan fingerprint density at radius 2 is 2.06 bits per heavy atom. The number of halogens is 1. The zero-order valence-electron chi connectivity index (χ0n) is 9.11. The smallest absolute Gasteiger partial charge is 0.228 e. The van der Waals surface area contributed by atoms with Crippen molar-refractivity contribution >= 4 is 27.6 Å². The van der Waals surface area contributed by atoms with Gasteiger partial charge in [0.25, 0.3) is 0 Å². The molecule has 1 N–H and O–H groups in total. The number of aromatic nitrogens is 2. The van der Waals surface area contributed by atoms with Gasteiger partial charge in [-0.1, -0.05) is 12.1 Å². The zero-order valence-corrected chi connectivity index (χ0v) is 10.7. The third-order valence-electron chi connectivity index (χ3n) is 2.09. The van der Waals surface area contributed by atoms with E-state index in [1.165, 1.54) is 0 Å². The summed E-state index contributed by atoms with van der Waals surface area (Å²) in [6, 6.07) is 11.3. The quantitative estimate of drug-likeness (QED) is 0.922.